The van der Waals surface area contributed by atoms with Gasteiger partial charge in [-0.25, -0.2) is 0 Å². The molecule has 2 aromatic rings. The molecule has 1 heterocycles. The summed E-state index contributed by atoms with van der Waals surface area (Å²) in [5.41, 5.74) is 0. The fourth-order valence-corrected chi connectivity index (χ4v) is 1.02. The number of rotatable bonds is 0. The molecule has 0 saturated heterocycles. The number of benzene rings is 1. The van der Waals surface area contributed by atoms with Crippen LogP contribution in [0.25, 0.3) is 10.8 Å². The summed E-state index contributed by atoms with van der Waals surface area (Å²) in [6.07, 6.45) is 3.01. The minimum atomic E-state index is 0.558. The Morgan fingerprint density at radius 2 is 1.77 bits per heavy atom. The summed E-state index contributed by atoms with van der Waals surface area (Å²) in [5.74, 6) is 0. The largest absolute Gasteiger partial charge is 0.594 e. The second kappa shape index (κ2) is 4.40. The van der Waals surface area contributed by atoms with E-state index in [-0.39, 0.29) is 0 Å². The molecule has 13 heavy (non-hydrogen) atoms. The molecular formula is C10H12N2O. The van der Waals surface area contributed by atoms with Crippen molar-refractivity contribution in [2.24, 2.45) is 0 Å². The van der Waals surface area contributed by atoms with Gasteiger partial charge in [0, 0.05) is 10.5 Å². The number of nitrogens with zero attached hydrogens (tertiary/aromatic N) is 2. The third kappa shape index (κ3) is 2.15. The van der Waals surface area contributed by atoms with E-state index in [4.69, 9.17) is 0 Å². The SMILES string of the molecule is CC.[O-][n+]1cc2ccccc2cn1. The molecule has 0 aliphatic rings. The first-order valence-corrected chi connectivity index (χ1v) is 4.30. The first-order valence-electron chi connectivity index (χ1n) is 4.30. The molecule has 2 rings (SSSR count). The van der Waals surface area contributed by atoms with Gasteiger partial charge < -0.3 is 5.21 Å². The predicted octanol–water partition coefficient (Wildman–Crippen LogP) is 1.89. The molecule has 0 fully saturated rings. The molecule has 0 N–H and O–H groups in total. The first kappa shape index (κ1) is 9.45. The van der Waals surface area contributed by atoms with Crippen LogP contribution in [0.1, 0.15) is 13.8 Å². The smallest absolute Gasteiger partial charge is 0.217 e. The standard InChI is InChI=1S/C8H6N2O.C2H6/c11-10-6-8-4-2-1-3-7(8)5-9-10;1-2/h1-6H;1-2H3. The molecule has 1 aromatic carbocycles. The molecule has 0 radical (unpaired) electrons. The van der Waals surface area contributed by atoms with Gasteiger partial charge in [0.15, 0.2) is 0 Å². The van der Waals surface area contributed by atoms with Gasteiger partial charge in [-0.1, -0.05) is 36.9 Å². The number of hydrogen-bond donors (Lipinski definition) is 0. The fraction of sp³-hybridized carbons (Fsp3) is 0.200. The van der Waals surface area contributed by atoms with Crippen LogP contribution in [-0.2, 0) is 0 Å². The maximum absolute atomic E-state index is 10.7. The highest BCUT2D eigenvalue weighted by molar-refractivity contribution is 5.79. The highest BCUT2D eigenvalue weighted by atomic mass is 16.5. The van der Waals surface area contributed by atoms with Crippen LogP contribution < -0.4 is 4.85 Å². The molecule has 0 aliphatic carbocycles. The van der Waals surface area contributed by atoms with Gasteiger partial charge in [0.1, 0.15) is 6.20 Å². The van der Waals surface area contributed by atoms with Gasteiger partial charge in [-0.3, -0.25) is 0 Å². The molecule has 0 aliphatic heterocycles. The van der Waals surface area contributed by atoms with Crippen molar-refractivity contribution in [1.29, 1.82) is 0 Å². The molecule has 0 amide bonds. The zero-order valence-corrected chi connectivity index (χ0v) is 7.77. The van der Waals surface area contributed by atoms with Crippen LogP contribution >= 0.6 is 0 Å². The minimum Gasteiger partial charge on any atom is -0.594 e. The van der Waals surface area contributed by atoms with Crippen molar-refractivity contribution in [2.45, 2.75) is 13.8 Å². The predicted molar refractivity (Wildman–Crippen MR) is 52.1 cm³/mol. The van der Waals surface area contributed by atoms with E-state index in [1.54, 1.807) is 6.20 Å². The lowest BCUT2D eigenvalue weighted by atomic mass is 10.2. The Kier molecular flexibility index (Phi) is 3.20. The average Bonchev–Trinajstić information content (AvgIpc) is 2.21. The van der Waals surface area contributed by atoms with E-state index in [0.29, 0.717) is 4.85 Å². The van der Waals surface area contributed by atoms with Crippen molar-refractivity contribution < 1.29 is 4.85 Å². The van der Waals surface area contributed by atoms with Crippen molar-refractivity contribution in [2.75, 3.05) is 0 Å². The second-order valence-electron chi connectivity index (χ2n) is 2.31. The Morgan fingerprint density at radius 3 is 2.46 bits per heavy atom. The van der Waals surface area contributed by atoms with Crippen molar-refractivity contribution in [3.05, 3.63) is 41.9 Å². The zero-order valence-electron chi connectivity index (χ0n) is 7.77. The third-order valence-corrected chi connectivity index (χ3v) is 1.56. The second-order valence-corrected chi connectivity index (χ2v) is 2.31. The Bertz CT molecular complexity index is 387. The van der Waals surface area contributed by atoms with E-state index >= 15 is 0 Å². The summed E-state index contributed by atoms with van der Waals surface area (Å²) in [6, 6.07) is 7.61. The quantitative estimate of drug-likeness (QED) is 0.454. The molecule has 3 heteroatoms. The summed E-state index contributed by atoms with van der Waals surface area (Å²) in [5, 5.41) is 16.2. The molecule has 3 nitrogen and oxygen atoms in total. The molecule has 0 saturated carbocycles. The molecular weight excluding hydrogens is 164 g/mol. The van der Waals surface area contributed by atoms with Crippen LogP contribution in [0.4, 0.5) is 0 Å². The van der Waals surface area contributed by atoms with E-state index in [1.807, 2.05) is 38.1 Å². The molecule has 68 valence electrons. The van der Waals surface area contributed by atoms with Gasteiger partial charge in [0.25, 0.3) is 0 Å². The van der Waals surface area contributed by atoms with Crippen molar-refractivity contribution in [3.63, 3.8) is 0 Å². The average molecular weight is 176 g/mol. The Labute approximate surface area is 77.2 Å². The van der Waals surface area contributed by atoms with Crippen LogP contribution in [0.3, 0.4) is 0 Å². The van der Waals surface area contributed by atoms with Gasteiger partial charge in [0.2, 0.25) is 6.20 Å². The Hall–Kier alpha value is -1.64. The van der Waals surface area contributed by atoms with Crippen LogP contribution in [0, 0.1) is 5.21 Å². The van der Waals surface area contributed by atoms with Gasteiger partial charge in [-0.2, -0.15) is 0 Å². The van der Waals surface area contributed by atoms with Crippen molar-refractivity contribution in [1.82, 2.24) is 5.10 Å². The first-order chi connectivity index (χ1) is 6.36. The number of aromatic nitrogens is 2. The topological polar surface area (TPSA) is 39.8 Å². The Balaban J connectivity index is 0.000000396. The number of hydrogen-bond acceptors (Lipinski definition) is 2. The molecule has 0 bridgehead atoms. The van der Waals surface area contributed by atoms with Gasteiger partial charge in [-0.15, -0.1) is 0 Å². The van der Waals surface area contributed by atoms with Crippen LogP contribution in [0.2, 0.25) is 0 Å². The summed E-state index contributed by atoms with van der Waals surface area (Å²) in [7, 11) is 0. The normalized spacial score (nSPS) is 9.08. The highest BCUT2D eigenvalue weighted by Gasteiger charge is 1.95. The lowest BCUT2D eigenvalue weighted by molar-refractivity contribution is -0.667. The van der Waals surface area contributed by atoms with Crippen molar-refractivity contribution >= 4 is 10.8 Å². The van der Waals surface area contributed by atoms with Crippen LogP contribution in [-0.4, -0.2) is 5.10 Å². The van der Waals surface area contributed by atoms with Crippen molar-refractivity contribution in [3.8, 4) is 0 Å². The minimum absolute atomic E-state index is 0.558. The molecule has 0 atom stereocenters. The molecule has 0 spiro atoms. The summed E-state index contributed by atoms with van der Waals surface area (Å²) < 4.78 is 0. The summed E-state index contributed by atoms with van der Waals surface area (Å²) in [6.45, 7) is 4.00. The third-order valence-electron chi connectivity index (χ3n) is 1.56. The monoisotopic (exact) mass is 176 g/mol. The molecule has 1 aromatic heterocycles. The van der Waals surface area contributed by atoms with Gasteiger partial charge >= 0.3 is 0 Å². The zero-order chi connectivity index (χ0) is 9.68. The lowest BCUT2D eigenvalue weighted by Crippen LogP contribution is -2.29. The van der Waals surface area contributed by atoms with E-state index in [2.05, 4.69) is 5.10 Å². The Morgan fingerprint density at radius 1 is 1.15 bits per heavy atom. The van der Waals surface area contributed by atoms with Gasteiger partial charge in [-0.05, 0) is 6.07 Å². The lowest BCUT2D eigenvalue weighted by Gasteiger charge is -1.94. The van der Waals surface area contributed by atoms with E-state index in [1.165, 1.54) is 6.20 Å². The van der Waals surface area contributed by atoms with Crippen LogP contribution in [0.15, 0.2) is 36.7 Å². The summed E-state index contributed by atoms with van der Waals surface area (Å²) >= 11 is 0. The van der Waals surface area contributed by atoms with E-state index in [9.17, 15) is 5.21 Å². The fourth-order valence-electron chi connectivity index (χ4n) is 1.02. The highest BCUT2D eigenvalue weighted by Crippen LogP contribution is 2.07. The summed E-state index contributed by atoms with van der Waals surface area (Å²) in [4.78, 5) is 0.558. The molecule has 0 unspecified atom stereocenters. The van der Waals surface area contributed by atoms with E-state index < -0.39 is 0 Å². The maximum atomic E-state index is 10.7. The van der Waals surface area contributed by atoms with Crippen LogP contribution in [0.5, 0.6) is 0 Å². The number of fused-ring (bicyclic) bond motifs is 1. The van der Waals surface area contributed by atoms with E-state index in [0.717, 1.165) is 10.8 Å². The van der Waals surface area contributed by atoms with Gasteiger partial charge in [0.05, 0.1) is 5.39 Å². The maximum Gasteiger partial charge on any atom is 0.217 e.